The van der Waals surface area contributed by atoms with E-state index in [1.807, 2.05) is 0 Å². The molecule has 2 amide bonds. The Balaban J connectivity index is 1.73. The van der Waals surface area contributed by atoms with E-state index in [1.54, 1.807) is 29.0 Å². The number of aromatic nitrogens is 2. The molecule has 1 saturated heterocycles. The van der Waals surface area contributed by atoms with E-state index in [0.717, 1.165) is 0 Å². The van der Waals surface area contributed by atoms with Gasteiger partial charge in [-0.2, -0.15) is 5.10 Å². The van der Waals surface area contributed by atoms with Gasteiger partial charge < -0.3 is 14.5 Å². The van der Waals surface area contributed by atoms with Crippen LogP contribution >= 0.6 is 0 Å². The Kier molecular flexibility index (Phi) is 4.20. The molecule has 2 aromatic rings. The van der Waals surface area contributed by atoms with Gasteiger partial charge in [0.15, 0.2) is 11.6 Å². The fourth-order valence-electron chi connectivity index (χ4n) is 2.64. The van der Waals surface area contributed by atoms with Crippen molar-refractivity contribution in [1.29, 1.82) is 0 Å². The first-order valence-electron chi connectivity index (χ1n) is 7.41. The zero-order valence-electron chi connectivity index (χ0n) is 13.4. The van der Waals surface area contributed by atoms with Gasteiger partial charge in [-0.15, -0.1) is 0 Å². The molecule has 8 heteroatoms. The van der Waals surface area contributed by atoms with E-state index in [4.69, 9.17) is 4.74 Å². The van der Waals surface area contributed by atoms with Crippen LogP contribution in [0.4, 0.5) is 10.1 Å². The van der Waals surface area contributed by atoms with Gasteiger partial charge in [-0.05, 0) is 18.2 Å². The number of carbonyl (C=O) groups excluding carboxylic acids is 2. The number of hydrogen-bond donors (Lipinski definition) is 0. The number of benzene rings is 1. The highest BCUT2D eigenvalue weighted by Gasteiger charge is 2.29. The van der Waals surface area contributed by atoms with Crippen LogP contribution < -0.4 is 9.64 Å². The van der Waals surface area contributed by atoms with Gasteiger partial charge in [0.05, 0.1) is 19.0 Å². The highest BCUT2D eigenvalue weighted by Crippen LogP contribution is 2.21. The lowest BCUT2D eigenvalue weighted by atomic mass is 10.1. The Morgan fingerprint density at radius 1 is 1.33 bits per heavy atom. The van der Waals surface area contributed by atoms with E-state index >= 15 is 0 Å². The zero-order valence-corrected chi connectivity index (χ0v) is 13.4. The summed E-state index contributed by atoms with van der Waals surface area (Å²) in [5.41, 5.74) is 0.994. The fraction of sp³-hybridized carbons (Fsp3) is 0.312. The Morgan fingerprint density at radius 3 is 2.75 bits per heavy atom. The molecule has 0 bridgehead atoms. The summed E-state index contributed by atoms with van der Waals surface area (Å²) in [6.45, 7) is 0.737. The maximum absolute atomic E-state index is 13.5. The summed E-state index contributed by atoms with van der Waals surface area (Å²) >= 11 is 0. The van der Waals surface area contributed by atoms with Crippen molar-refractivity contribution in [3.8, 4) is 5.75 Å². The van der Waals surface area contributed by atoms with Crippen LogP contribution in [0.3, 0.4) is 0 Å². The second kappa shape index (κ2) is 6.31. The average molecular weight is 332 g/mol. The van der Waals surface area contributed by atoms with Crippen LogP contribution in [-0.4, -0.2) is 53.2 Å². The summed E-state index contributed by atoms with van der Waals surface area (Å²) in [7, 11) is 3.11. The molecule has 24 heavy (non-hydrogen) atoms. The smallest absolute Gasteiger partial charge is 0.254 e. The van der Waals surface area contributed by atoms with E-state index in [-0.39, 0.29) is 29.7 Å². The van der Waals surface area contributed by atoms with Crippen molar-refractivity contribution in [2.24, 2.45) is 7.05 Å². The zero-order chi connectivity index (χ0) is 17.3. The van der Waals surface area contributed by atoms with Crippen molar-refractivity contribution >= 4 is 17.5 Å². The van der Waals surface area contributed by atoms with Crippen LogP contribution in [0.25, 0.3) is 0 Å². The maximum Gasteiger partial charge on any atom is 0.254 e. The van der Waals surface area contributed by atoms with Crippen molar-refractivity contribution in [2.45, 2.75) is 0 Å². The minimum Gasteiger partial charge on any atom is -0.494 e. The second-order valence-electron chi connectivity index (χ2n) is 5.49. The number of carbonyl (C=O) groups is 2. The van der Waals surface area contributed by atoms with E-state index in [1.165, 1.54) is 30.2 Å². The Morgan fingerprint density at radius 2 is 2.12 bits per heavy atom. The molecule has 0 N–H and O–H groups in total. The van der Waals surface area contributed by atoms with Crippen molar-refractivity contribution in [3.05, 3.63) is 42.0 Å². The monoisotopic (exact) mass is 332 g/mol. The van der Waals surface area contributed by atoms with E-state index in [0.29, 0.717) is 18.8 Å². The SMILES string of the molecule is COc1cc(C(=O)N2CCN(c3cnn(C)c3)C(=O)C2)ccc1F. The van der Waals surface area contributed by atoms with Crippen molar-refractivity contribution in [3.63, 3.8) is 0 Å². The van der Waals surface area contributed by atoms with Crippen LogP contribution in [0, 0.1) is 5.82 Å². The number of rotatable bonds is 3. The van der Waals surface area contributed by atoms with E-state index in [2.05, 4.69) is 5.10 Å². The third kappa shape index (κ3) is 2.94. The highest BCUT2D eigenvalue weighted by atomic mass is 19.1. The number of halogens is 1. The first-order chi connectivity index (χ1) is 11.5. The largest absolute Gasteiger partial charge is 0.494 e. The van der Waals surface area contributed by atoms with Gasteiger partial charge in [0, 0.05) is 31.9 Å². The normalized spacial score (nSPS) is 14.9. The lowest BCUT2D eigenvalue weighted by Gasteiger charge is -2.33. The standard InChI is InChI=1S/C16H17FN4O3/c1-19-9-12(8-18-19)21-6-5-20(10-15(21)22)16(23)11-3-4-13(17)14(7-11)24-2/h3-4,7-9H,5-6,10H2,1-2H3. The lowest BCUT2D eigenvalue weighted by Crippen LogP contribution is -2.52. The molecule has 3 rings (SSSR count). The summed E-state index contributed by atoms with van der Waals surface area (Å²) in [4.78, 5) is 27.9. The molecule has 1 aromatic heterocycles. The predicted octanol–water partition coefficient (Wildman–Crippen LogP) is 1.06. The summed E-state index contributed by atoms with van der Waals surface area (Å²) < 4.78 is 20.0. The van der Waals surface area contributed by atoms with Crippen LogP contribution in [0.15, 0.2) is 30.6 Å². The number of piperazine rings is 1. The molecular weight excluding hydrogens is 315 g/mol. The first kappa shape index (κ1) is 16.0. The maximum atomic E-state index is 13.5. The molecular formula is C16H17FN4O3. The summed E-state index contributed by atoms with van der Waals surface area (Å²) in [5.74, 6) is -1.04. The highest BCUT2D eigenvalue weighted by molar-refractivity contribution is 6.01. The first-order valence-corrected chi connectivity index (χ1v) is 7.41. The summed E-state index contributed by atoms with van der Waals surface area (Å²) in [6, 6.07) is 3.91. The number of aryl methyl sites for hydroxylation is 1. The molecule has 0 atom stereocenters. The molecule has 0 spiro atoms. The van der Waals surface area contributed by atoms with Crippen LogP contribution in [-0.2, 0) is 11.8 Å². The van der Waals surface area contributed by atoms with Gasteiger partial charge in [-0.1, -0.05) is 0 Å². The molecule has 0 unspecified atom stereocenters. The van der Waals surface area contributed by atoms with Gasteiger partial charge in [0.1, 0.15) is 6.54 Å². The van der Waals surface area contributed by atoms with Crippen LogP contribution in [0.2, 0.25) is 0 Å². The summed E-state index contributed by atoms with van der Waals surface area (Å²) in [6.07, 6.45) is 3.36. The number of amides is 2. The molecule has 2 heterocycles. The topological polar surface area (TPSA) is 67.7 Å². The molecule has 0 radical (unpaired) electrons. The van der Waals surface area contributed by atoms with Gasteiger partial charge in [0.2, 0.25) is 5.91 Å². The third-order valence-corrected chi connectivity index (χ3v) is 3.91. The van der Waals surface area contributed by atoms with Gasteiger partial charge in [0.25, 0.3) is 5.91 Å². The average Bonchev–Trinajstić information content (AvgIpc) is 3.00. The molecule has 7 nitrogen and oxygen atoms in total. The number of methoxy groups -OCH3 is 1. The Labute approximate surface area is 138 Å². The third-order valence-electron chi connectivity index (χ3n) is 3.91. The minimum absolute atomic E-state index is 0.00109. The van der Waals surface area contributed by atoms with Gasteiger partial charge in [-0.25, -0.2) is 4.39 Å². The number of nitrogens with zero attached hydrogens (tertiary/aromatic N) is 4. The minimum atomic E-state index is -0.536. The van der Waals surface area contributed by atoms with E-state index < -0.39 is 5.82 Å². The van der Waals surface area contributed by atoms with Crippen LogP contribution in [0.1, 0.15) is 10.4 Å². The predicted molar refractivity (Wildman–Crippen MR) is 84.4 cm³/mol. The van der Waals surface area contributed by atoms with Crippen molar-refractivity contribution in [1.82, 2.24) is 14.7 Å². The van der Waals surface area contributed by atoms with E-state index in [9.17, 15) is 14.0 Å². The number of ether oxygens (including phenoxy) is 1. The van der Waals surface area contributed by atoms with Gasteiger partial charge in [-0.3, -0.25) is 14.3 Å². The molecule has 1 fully saturated rings. The molecule has 1 aliphatic heterocycles. The van der Waals surface area contributed by atoms with Crippen molar-refractivity contribution in [2.75, 3.05) is 31.6 Å². The Hall–Kier alpha value is -2.90. The van der Waals surface area contributed by atoms with Crippen LogP contribution in [0.5, 0.6) is 5.75 Å². The second-order valence-corrected chi connectivity index (χ2v) is 5.49. The molecule has 1 aromatic carbocycles. The van der Waals surface area contributed by atoms with Gasteiger partial charge >= 0.3 is 0 Å². The molecule has 0 aliphatic carbocycles. The Bertz CT molecular complexity index is 789. The number of anilines is 1. The fourth-order valence-corrected chi connectivity index (χ4v) is 2.64. The lowest BCUT2D eigenvalue weighted by molar-refractivity contribution is -0.120. The quantitative estimate of drug-likeness (QED) is 0.843. The molecule has 1 aliphatic rings. The summed E-state index contributed by atoms with van der Waals surface area (Å²) in [5, 5.41) is 4.05. The molecule has 0 saturated carbocycles. The number of hydrogen-bond acceptors (Lipinski definition) is 4. The van der Waals surface area contributed by atoms with Crippen molar-refractivity contribution < 1.29 is 18.7 Å². The molecule has 126 valence electrons.